The zero-order valence-electron chi connectivity index (χ0n) is 12.8. The highest BCUT2D eigenvalue weighted by atomic mass is 28.4. The smallest absolute Gasteiger partial charge is 0.280 e. The summed E-state index contributed by atoms with van der Waals surface area (Å²) in [6.45, 7) is 0.664. The van der Waals surface area contributed by atoms with Crippen LogP contribution in [0.3, 0.4) is 0 Å². The lowest BCUT2D eigenvalue weighted by molar-refractivity contribution is -0.393. The van der Waals surface area contributed by atoms with Crippen LogP contribution in [0, 0.1) is 0 Å². The maximum absolute atomic E-state index is 13.9. The van der Waals surface area contributed by atoms with Gasteiger partial charge in [0, 0.05) is 6.42 Å². The number of rotatable bonds is 8. The lowest BCUT2D eigenvalue weighted by atomic mass is 10.1. The topological polar surface area (TPSA) is 27.7 Å². The van der Waals surface area contributed by atoms with E-state index in [4.69, 9.17) is 0 Å². The third kappa shape index (κ3) is 6.27. The molecule has 0 fully saturated rings. The molecular formula is C9H7F15O3Si. The van der Waals surface area contributed by atoms with Crippen molar-refractivity contribution in [3.05, 3.63) is 0 Å². The zero-order valence-corrected chi connectivity index (χ0v) is 13.8. The summed E-state index contributed by atoms with van der Waals surface area (Å²) in [5, 5.41) is 0. The van der Waals surface area contributed by atoms with E-state index in [-0.39, 0.29) is 0 Å². The minimum absolute atomic E-state index is 0.664. The van der Waals surface area contributed by atoms with Crippen molar-refractivity contribution in [3.8, 4) is 0 Å². The van der Waals surface area contributed by atoms with Crippen molar-refractivity contribution in [2.24, 2.45) is 0 Å². The van der Waals surface area contributed by atoms with Gasteiger partial charge in [-0.25, -0.2) is 0 Å². The molecule has 0 saturated heterocycles. The van der Waals surface area contributed by atoms with E-state index < -0.39 is 58.1 Å². The second-order valence-corrected chi connectivity index (χ2v) is 7.16. The summed E-state index contributed by atoms with van der Waals surface area (Å²) in [4.78, 5) is 0. The summed E-state index contributed by atoms with van der Waals surface area (Å²) in [5.74, 6) is -13.3. The first-order valence-electron chi connectivity index (χ1n) is 6.37. The highest BCUT2D eigenvalue weighted by Crippen LogP contribution is 2.55. The fourth-order valence-electron chi connectivity index (χ4n) is 1.60. The second-order valence-electron chi connectivity index (χ2n) is 4.80. The summed E-state index contributed by atoms with van der Waals surface area (Å²) in [5.41, 5.74) is -7.56. The number of hydrogen-bond donors (Lipinski definition) is 0. The SMILES string of the molecule is CCCC(F)(F)C(F)(F)C(F)(F)[Si](OC(F)(F)F)(OC(F)(F)F)OC(F)(F)F. The summed E-state index contributed by atoms with van der Waals surface area (Å²) in [7, 11) is -9.14. The van der Waals surface area contributed by atoms with Gasteiger partial charge >= 0.3 is 45.3 Å². The predicted octanol–water partition coefficient (Wildman–Crippen LogP) is 5.78. The van der Waals surface area contributed by atoms with Crippen LogP contribution in [0.25, 0.3) is 0 Å². The Morgan fingerprint density at radius 3 is 1.07 bits per heavy atom. The fraction of sp³-hybridized carbons (Fsp3) is 1.00. The maximum Gasteiger partial charge on any atom is 0.601 e. The van der Waals surface area contributed by atoms with E-state index in [9.17, 15) is 65.9 Å². The van der Waals surface area contributed by atoms with E-state index in [0.29, 0.717) is 6.92 Å². The van der Waals surface area contributed by atoms with Crippen LogP contribution in [0.15, 0.2) is 0 Å². The van der Waals surface area contributed by atoms with Crippen molar-refractivity contribution in [3.63, 3.8) is 0 Å². The van der Waals surface area contributed by atoms with E-state index in [1.807, 2.05) is 13.3 Å². The molecule has 28 heavy (non-hydrogen) atoms. The van der Waals surface area contributed by atoms with Crippen molar-refractivity contribution < 1.29 is 79.1 Å². The minimum atomic E-state index is -9.14. The van der Waals surface area contributed by atoms with E-state index in [1.54, 1.807) is 0 Å². The molecule has 0 aromatic carbocycles. The Kier molecular flexibility index (Phi) is 7.44. The molecule has 0 N–H and O–H groups in total. The first kappa shape index (κ1) is 27.0. The molecule has 0 spiro atoms. The molecule has 19 heteroatoms. The van der Waals surface area contributed by atoms with Gasteiger partial charge in [0.1, 0.15) is 0 Å². The molecule has 0 aliphatic rings. The molecule has 0 saturated carbocycles. The Balaban J connectivity index is 6.83. The predicted molar refractivity (Wildman–Crippen MR) is 56.9 cm³/mol. The van der Waals surface area contributed by atoms with Gasteiger partial charge < -0.3 is 0 Å². The molecule has 3 nitrogen and oxygen atoms in total. The van der Waals surface area contributed by atoms with Crippen LogP contribution in [-0.4, -0.2) is 45.3 Å². The lowest BCUT2D eigenvalue weighted by Crippen LogP contribution is -2.74. The Bertz CT molecular complexity index is 482. The average molecular weight is 476 g/mol. The lowest BCUT2D eigenvalue weighted by Gasteiger charge is -2.41. The highest BCUT2D eigenvalue weighted by molar-refractivity contribution is 6.64. The van der Waals surface area contributed by atoms with E-state index in [2.05, 4.69) is 0 Å². The molecule has 0 rings (SSSR count). The zero-order chi connectivity index (χ0) is 23.0. The van der Waals surface area contributed by atoms with Gasteiger partial charge in [0.15, 0.2) is 0 Å². The molecule has 0 aliphatic carbocycles. The first-order chi connectivity index (χ1) is 11.9. The molecule has 0 aromatic heterocycles. The summed E-state index contributed by atoms with van der Waals surface area (Å²) in [6, 6.07) is 0. The van der Waals surface area contributed by atoms with Crippen molar-refractivity contribution in [1.82, 2.24) is 0 Å². The Labute approximate surface area is 145 Å². The molecule has 0 aromatic rings. The Morgan fingerprint density at radius 2 is 0.857 bits per heavy atom. The van der Waals surface area contributed by atoms with Gasteiger partial charge in [0.2, 0.25) is 0 Å². The number of halogens is 15. The average Bonchev–Trinajstić information content (AvgIpc) is 2.30. The van der Waals surface area contributed by atoms with Crippen LogP contribution >= 0.6 is 0 Å². The summed E-state index contributed by atoms with van der Waals surface area (Å²) < 4.78 is 197. The molecule has 170 valence electrons. The van der Waals surface area contributed by atoms with E-state index in [1.165, 1.54) is 0 Å². The van der Waals surface area contributed by atoms with Crippen molar-refractivity contribution >= 4 is 8.80 Å². The van der Waals surface area contributed by atoms with Gasteiger partial charge in [-0.2, -0.15) is 26.3 Å². The molecular weight excluding hydrogens is 469 g/mol. The highest BCUT2D eigenvalue weighted by Gasteiger charge is 2.88. The first-order valence-corrected chi connectivity index (χ1v) is 8.09. The monoisotopic (exact) mass is 476 g/mol. The second kappa shape index (κ2) is 7.71. The van der Waals surface area contributed by atoms with Gasteiger partial charge in [-0.15, -0.1) is 39.5 Å². The third-order valence-corrected chi connectivity index (χ3v) is 5.14. The summed E-state index contributed by atoms with van der Waals surface area (Å²) in [6.07, 6.45) is -24.1. The minimum Gasteiger partial charge on any atom is -0.280 e. The van der Waals surface area contributed by atoms with Gasteiger partial charge in [-0.05, 0) is 0 Å². The largest absolute Gasteiger partial charge is 0.601 e. The van der Waals surface area contributed by atoms with E-state index in [0.717, 1.165) is 0 Å². The molecule has 0 bridgehead atoms. The molecule has 0 heterocycles. The number of alkyl halides is 15. The van der Waals surface area contributed by atoms with Gasteiger partial charge in [-0.1, -0.05) is 13.3 Å². The normalized spacial score (nSPS) is 15.9. The Hall–Kier alpha value is -0.953. The standard InChI is InChI=1S/C9H7F15O3Si/c1-2-3-4(10,11)5(12,13)6(14,15)28(25-7(16,17)18,26-8(19,20)21)27-9(22,23)24/h2-3H2,1H3. The Morgan fingerprint density at radius 1 is 0.571 bits per heavy atom. The molecule has 0 atom stereocenters. The van der Waals surface area contributed by atoms with Crippen molar-refractivity contribution in [2.75, 3.05) is 0 Å². The maximum atomic E-state index is 13.9. The number of hydrogen-bond acceptors (Lipinski definition) is 3. The van der Waals surface area contributed by atoms with E-state index >= 15 is 0 Å². The molecule has 0 unspecified atom stereocenters. The van der Waals surface area contributed by atoms with Crippen LogP contribution in [0.4, 0.5) is 65.9 Å². The van der Waals surface area contributed by atoms with Gasteiger partial charge in [0.05, 0.1) is 0 Å². The van der Waals surface area contributed by atoms with Gasteiger partial charge in [-0.3, -0.25) is 13.3 Å². The quantitative estimate of drug-likeness (QED) is 0.329. The van der Waals surface area contributed by atoms with Crippen LogP contribution < -0.4 is 0 Å². The fourth-order valence-corrected chi connectivity index (χ4v) is 3.60. The molecule has 0 aliphatic heterocycles. The molecule has 0 amide bonds. The molecule has 0 radical (unpaired) electrons. The van der Waals surface area contributed by atoms with Crippen molar-refractivity contribution in [2.45, 2.75) is 56.2 Å². The summed E-state index contributed by atoms with van der Waals surface area (Å²) >= 11 is 0. The van der Waals surface area contributed by atoms with Crippen LogP contribution in [0.1, 0.15) is 19.8 Å². The van der Waals surface area contributed by atoms with Crippen LogP contribution in [0.2, 0.25) is 0 Å². The van der Waals surface area contributed by atoms with Gasteiger partial charge in [0.25, 0.3) is 0 Å². The third-order valence-electron chi connectivity index (χ3n) is 2.55. The van der Waals surface area contributed by atoms with Crippen LogP contribution in [-0.2, 0) is 13.3 Å². The van der Waals surface area contributed by atoms with Crippen LogP contribution in [0.5, 0.6) is 0 Å². The van der Waals surface area contributed by atoms with Crippen molar-refractivity contribution in [1.29, 1.82) is 0 Å².